The maximum atomic E-state index is 12.1. The number of alkyl halides is 2. The van der Waals surface area contributed by atoms with Crippen molar-refractivity contribution in [2.24, 2.45) is 5.73 Å². The van der Waals surface area contributed by atoms with E-state index < -0.39 is 18.4 Å². The number of rotatable bonds is 6. The molecule has 10 heteroatoms. The van der Waals surface area contributed by atoms with Gasteiger partial charge >= 0.3 is 6.61 Å². The van der Waals surface area contributed by atoms with Crippen LogP contribution in [0.3, 0.4) is 0 Å². The van der Waals surface area contributed by atoms with Crippen LogP contribution in [0.1, 0.15) is 0 Å². The number of anilines is 1. The van der Waals surface area contributed by atoms with Crippen molar-refractivity contribution in [3.63, 3.8) is 0 Å². The van der Waals surface area contributed by atoms with Gasteiger partial charge in [-0.3, -0.25) is 9.59 Å². The number of nitrogens with two attached hydrogens (primary N) is 1. The third-order valence-corrected chi connectivity index (χ3v) is 2.68. The van der Waals surface area contributed by atoms with Gasteiger partial charge in [-0.05, 0) is 12.1 Å². The number of halogens is 4. The van der Waals surface area contributed by atoms with E-state index in [-0.39, 0.29) is 34.6 Å². The summed E-state index contributed by atoms with van der Waals surface area (Å²) in [7, 11) is 0. The van der Waals surface area contributed by atoms with Crippen LogP contribution in [0.5, 0.6) is 5.75 Å². The molecule has 6 nitrogen and oxygen atoms in total. The van der Waals surface area contributed by atoms with Gasteiger partial charge in [-0.25, -0.2) is 0 Å². The summed E-state index contributed by atoms with van der Waals surface area (Å²) in [6.45, 7) is -3.63. The molecule has 0 saturated carbocycles. The van der Waals surface area contributed by atoms with E-state index in [1.807, 2.05) is 0 Å². The number of hydrogen-bond acceptors (Lipinski definition) is 4. The highest BCUT2D eigenvalue weighted by molar-refractivity contribution is 6.37. The molecule has 0 bridgehead atoms. The Kier molecular flexibility index (Phi) is 6.60. The van der Waals surface area contributed by atoms with Crippen LogP contribution in [0, 0.1) is 0 Å². The highest BCUT2D eigenvalue weighted by atomic mass is 35.5. The van der Waals surface area contributed by atoms with Gasteiger partial charge in [-0.1, -0.05) is 23.2 Å². The van der Waals surface area contributed by atoms with Crippen molar-refractivity contribution in [1.29, 1.82) is 0 Å². The second kappa shape index (κ2) is 7.96. The second-order valence-electron chi connectivity index (χ2n) is 3.68. The second-order valence-corrected chi connectivity index (χ2v) is 4.49. The molecule has 0 atom stereocenters. The Morgan fingerprint density at radius 1 is 1.24 bits per heavy atom. The predicted octanol–water partition coefficient (Wildman–Crippen LogP) is 1.61. The van der Waals surface area contributed by atoms with E-state index in [0.29, 0.717) is 0 Å². The minimum Gasteiger partial charge on any atom is -0.432 e. The van der Waals surface area contributed by atoms with Crippen LogP contribution in [0.2, 0.25) is 10.0 Å². The van der Waals surface area contributed by atoms with Crippen molar-refractivity contribution in [2.45, 2.75) is 6.61 Å². The first-order chi connectivity index (χ1) is 9.83. The molecule has 0 spiro atoms. The van der Waals surface area contributed by atoms with Crippen molar-refractivity contribution >= 4 is 40.7 Å². The number of benzene rings is 1. The Hall–Kier alpha value is -1.64. The number of hydrogen-bond donors (Lipinski definition) is 3. The Bertz CT molecular complexity index is 520. The molecule has 0 aliphatic carbocycles. The van der Waals surface area contributed by atoms with Gasteiger partial charge in [-0.15, -0.1) is 0 Å². The maximum absolute atomic E-state index is 12.1. The molecule has 116 valence electrons. The Labute approximate surface area is 128 Å². The molecular formula is C11H11Cl2F2N3O3. The highest BCUT2D eigenvalue weighted by Gasteiger charge is 2.15. The van der Waals surface area contributed by atoms with Crippen LogP contribution >= 0.6 is 23.2 Å². The summed E-state index contributed by atoms with van der Waals surface area (Å²) >= 11 is 11.5. The number of carbonyl (C=O) groups excluding carboxylic acids is 2. The van der Waals surface area contributed by atoms with E-state index in [9.17, 15) is 18.4 Å². The SMILES string of the molecule is NCC(=O)NCC(=O)Nc1cc(Cl)c(OC(F)F)c(Cl)c1. The average Bonchev–Trinajstić information content (AvgIpc) is 2.40. The molecule has 0 aliphatic heterocycles. The summed E-state index contributed by atoms with van der Waals surface area (Å²) in [6.07, 6.45) is 0. The van der Waals surface area contributed by atoms with Crippen LogP contribution in [-0.4, -0.2) is 31.5 Å². The topological polar surface area (TPSA) is 93.5 Å². The molecule has 0 aliphatic rings. The number of ether oxygens (including phenoxy) is 1. The van der Waals surface area contributed by atoms with Crippen molar-refractivity contribution in [3.05, 3.63) is 22.2 Å². The summed E-state index contributed by atoms with van der Waals surface area (Å²) in [5.74, 6) is -1.45. The quantitative estimate of drug-likeness (QED) is 0.732. The molecule has 0 heterocycles. The zero-order valence-electron chi connectivity index (χ0n) is 10.5. The lowest BCUT2D eigenvalue weighted by molar-refractivity contribution is -0.123. The van der Waals surface area contributed by atoms with E-state index in [4.69, 9.17) is 28.9 Å². The van der Waals surface area contributed by atoms with Gasteiger partial charge < -0.3 is 21.1 Å². The fourth-order valence-electron chi connectivity index (χ4n) is 1.29. The smallest absolute Gasteiger partial charge is 0.387 e. The third kappa shape index (κ3) is 5.70. The number of nitrogens with one attached hydrogen (secondary N) is 2. The lowest BCUT2D eigenvalue weighted by Gasteiger charge is -2.12. The van der Waals surface area contributed by atoms with Crippen LogP contribution in [0.15, 0.2) is 12.1 Å². The lowest BCUT2D eigenvalue weighted by Crippen LogP contribution is -2.36. The van der Waals surface area contributed by atoms with Gasteiger partial charge in [0.2, 0.25) is 11.8 Å². The van der Waals surface area contributed by atoms with Crippen molar-refractivity contribution in [3.8, 4) is 5.75 Å². The molecule has 4 N–H and O–H groups in total. The first kappa shape index (κ1) is 17.4. The normalized spacial score (nSPS) is 10.4. The summed E-state index contributed by atoms with van der Waals surface area (Å²) in [4.78, 5) is 22.4. The Balaban J connectivity index is 2.72. The first-order valence-electron chi connectivity index (χ1n) is 5.54. The van der Waals surface area contributed by atoms with Crippen molar-refractivity contribution in [2.75, 3.05) is 18.4 Å². The maximum Gasteiger partial charge on any atom is 0.387 e. The fourth-order valence-corrected chi connectivity index (χ4v) is 1.87. The number of amides is 2. The molecular weight excluding hydrogens is 331 g/mol. The molecule has 1 aromatic carbocycles. The van der Waals surface area contributed by atoms with Crippen LogP contribution < -0.4 is 21.1 Å². The third-order valence-electron chi connectivity index (χ3n) is 2.12. The van der Waals surface area contributed by atoms with Crippen molar-refractivity contribution < 1.29 is 23.1 Å². The standard InChI is InChI=1S/C11H11Cl2F2N3O3/c12-6-1-5(2-7(13)10(6)21-11(14)15)18-9(20)4-17-8(19)3-16/h1-2,11H,3-4,16H2,(H,17,19)(H,18,20). The predicted molar refractivity (Wildman–Crippen MR) is 73.8 cm³/mol. The molecule has 0 fully saturated rings. The first-order valence-corrected chi connectivity index (χ1v) is 6.29. The summed E-state index contributed by atoms with van der Waals surface area (Å²) < 4.78 is 28.4. The molecule has 0 radical (unpaired) electrons. The summed E-state index contributed by atoms with van der Waals surface area (Å²) in [6, 6.07) is 2.38. The average molecular weight is 342 g/mol. The lowest BCUT2D eigenvalue weighted by atomic mass is 10.3. The van der Waals surface area contributed by atoms with Crippen LogP contribution in [0.25, 0.3) is 0 Å². The Morgan fingerprint density at radius 3 is 2.29 bits per heavy atom. The van der Waals surface area contributed by atoms with E-state index >= 15 is 0 Å². The minimum absolute atomic E-state index is 0.165. The molecule has 0 saturated heterocycles. The molecule has 1 aromatic rings. The molecule has 21 heavy (non-hydrogen) atoms. The monoisotopic (exact) mass is 341 g/mol. The zero-order valence-corrected chi connectivity index (χ0v) is 12.0. The van der Waals surface area contributed by atoms with Gasteiger partial charge in [0.05, 0.1) is 23.1 Å². The van der Waals surface area contributed by atoms with Crippen molar-refractivity contribution in [1.82, 2.24) is 5.32 Å². The van der Waals surface area contributed by atoms with Gasteiger partial charge in [0.15, 0.2) is 5.75 Å². The highest BCUT2D eigenvalue weighted by Crippen LogP contribution is 2.36. The largest absolute Gasteiger partial charge is 0.432 e. The Morgan fingerprint density at radius 2 is 1.81 bits per heavy atom. The van der Waals surface area contributed by atoms with Gasteiger partial charge in [-0.2, -0.15) is 8.78 Å². The molecule has 0 aromatic heterocycles. The van der Waals surface area contributed by atoms with Crippen LogP contribution in [-0.2, 0) is 9.59 Å². The fraction of sp³-hybridized carbons (Fsp3) is 0.273. The molecule has 1 rings (SSSR count). The van der Waals surface area contributed by atoms with Crippen LogP contribution in [0.4, 0.5) is 14.5 Å². The summed E-state index contributed by atoms with van der Waals surface area (Å²) in [5, 5.41) is 4.25. The zero-order chi connectivity index (χ0) is 16.0. The van der Waals surface area contributed by atoms with Gasteiger partial charge in [0.25, 0.3) is 0 Å². The molecule has 0 unspecified atom stereocenters. The van der Waals surface area contributed by atoms with E-state index in [0.717, 1.165) is 0 Å². The molecule has 2 amide bonds. The summed E-state index contributed by atoms with van der Waals surface area (Å²) in [5.41, 5.74) is 5.22. The van der Waals surface area contributed by atoms with Gasteiger partial charge in [0, 0.05) is 5.69 Å². The minimum atomic E-state index is -3.08. The van der Waals surface area contributed by atoms with E-state index in [2.05, 4.69) is 15.4 Å². The van der Waals surface area contributed by atoms with E-state index in [1.165, 1.54) is 12.1 Å². The van der Waals surface area contributed by atoms with Gasteiger partial charge in [0.1, 0.15) is 0 Å². The number of carbonyl (C=O) groups is 2. The van der Waals surface area contributed by atoms with E-state index in [1.54, 1.807) is 0 Å².